The summed E-state index contributed by atoms with van der Waals surface area (Å²) >= 11 is 0. The van der Waals surface area contributed by atoms with Gasteiger partial charge in [-0.05, 0) is 82.1 Å². The third-order valence-electron chi connectivity index (χ3n) is 9.76. The van der Waals surface area contributed by atoms with Gasteiger partial charge in [-0.15, -0.1) is 0 Å². The maximum absolute atomic E-state index is 14.6. The Kier molecular flexibility index (Phi) is 10.8. The number of fused-ring (bicyclic) bond motifs is 2. The number of aryl methyl sites for hydroxylation is 1. The van der Waals surface area contributed by atoms with Crippen LogP contribution in [0.5, 0.6) is 0 Å². The number of para-hydroxylation sites is 1. The van der Waals surface area contributed by atoms with E-state index < -0.39 is 53.1 Å². The molecule has 1 aromatic heterocycles. The highest BCUT2D eigenvalue weighted by Gasteiger charge is 2.46. The lowest BCUT2D eigenvalue weighted by Crippen LogP contribution is -2.60. The topological polar surface area (TPSA) is 142 Å². The zero-order valence-corrected chi connectivity index (χ0v) is 31.0. The highest BCUT2D eigenvalue weighted by Crippen LogP contribution is 2.31. The van der Waals surface area contributed by atoms with Crippen LogP contribution in [0.3, 0.4) is 0 Å². The van der Waals surface area contributed by atoms with Crippen LogP contribution in [0, 0.1) is 5.41 Å². The van der Waals surface area contributed by atoms with Gasteiger partial charge in [-0.2, -0.15) is 0 Å². The Balaban J connectivity index is 1.39. The molecule has 2 aromatic carbocycles. The third-order valence-corrected chi connectivity index (χ3v) is 9.76. The predicted octanol–water partition coefficient (Wildman–Crippen LogP) is 5.15. The quantitative estimate of drug-likeness (QED) is 0.312. The zero-order chi connectivity index (χ0) is 37.2. The summed E-state index contributed by atoms with van der Waals surface area (Å²) in [6.07, 6.45) is 3.86. The van der Waals surface area contributed by atoms with Gasteiger partial charge in [0.1, 0.15) is 23.7 Å². The molecule has 0 radical (unpaired) electrons. The number of benzene rings is 2. The summed E-state index contributed by atoms with van der Waals surface area (Å²) in [6, 6.07) is 13.4. The molecule has 3 aromatic rings. The van der Waals surface area contributed by atoms with Gasteiger partial charge in [-0.25, -0.2) is 9.59 Å². The number of hydrogen-bond donors (Lipinski definition) is 3. The largest absolute Gasteiger partial charge is 0.444 e. The summed E-state index contributed by atoms with van der Waals surface area (Å²) < 4.78 is 6.96. The van der Waals surface area contributed by atoms with Crippen LogP contribution in [0.15, 0.2) is 60.8 Å². The molecule has 5 amide bonds. The average Bonchev–Trinajstić information content (AvgIpc) is 3.70. The Hall–Kier alpha value is -4.87. The number of aromatic nitrogens is 1. The standard InChI is InChI=1S/C39H52N6O6/c1-24(43(8)37(50)51-39(5,6)7)33(46)42-32(38(2,3)4)35(48)45-23-27(40-36(49)44-21-20-26-15-10-12-19-30(26)44)22-31(45)34(47)41-29-18-13-16-25-14-9-11-17-28(25)29/h9-12,14-15,17,19-21,24,27,29,31-32H,13,16,18,22-23H2,1-8H3,(H,40,49)(H,41,47)(H,42,46)/t24-,27-,29?,31-,32+/m0/s1. The smallest absolute Gasteiger partial charge is 0.410 e. The van der Waals surface area contributed by atoms with Crippen molar-refractivity contribution in [3.63, 3.8) is 0 Å². The predicted molar refractivity (Wildman–Crippen MR) is 195 cm³/mol. The van der Waals surface area contributed by atoms with Crippen LogP contribution in [0.2, 0.25) is 0 Å². The van der Waals surface area contributed by atoms with Crippen molar-refractivity contribution in [2.75, 3.05) is 13.6 Å². The second kappa shape index (κ2) is 14.8. The van der Waals surface area contributed by atoms with Gasteiger partial charge in [0.05, 0.1) is 17.6 Å². The number of carbonyl (C=O) groups excluding carboxylic acids is 5. The van der Waals surface area contributed by atoms with Gasteiger partial charge >= 0.3 is 12.1 Å². The Bertz CT molecular complexity index is 1790. The first-order valence-corrected chi connectivity index (χ1v) is 17.8. The van der Waals surface area contributed by atoms with Crippen LogP contribution in [-0.4, -0.2) is 87.6 Å². The van der Waals surface area contributed by atoms with Gasteiger partial charge in [-0.1, -0.05) is 63.2 Å². The van der Waals surface area contributed by atoms with E-state index in [9.17, 15) is 24.0 Å². The maximum atomic E-state index is 14.6. The summed E-state index contributed by atoms with van der Waals surface area (Å²) in [4.78, 5) is 71.3. The SMILES string of the molecule is C[C@@H](C(=O)N[C@H](C(=O)N1C[C@@H](NC(=O)n2ccc3ccccc32)C[C@H]1C(=O)NC1CCCc2ccccc21)C(C)(C)C)N(C)C(=O)OC(C)(C)C. The fourth-order valence-electron chi connectivity index (χ4n) is 6.85. The monoisotopic (exact) mass is 700 g/mol. The van der Waals surface area contributed by atoms with E-state index in [0.717, 1.165) is 35.7 Å². The van der Waals surface area contributed by atoms with Gasteiger partial charge in [0.2, 0.25) is 17.7 Å². The molecule has 2 heterocycles. The van der Waals surface area contributed by atoms with E-state index in [-0.39, 0.29) is 30.9 Å². The number of hydrogen-bond acceptors (Lipinski definition) is 6. The molecule has 0 saturated carbocycles. The summed E-state index contributed by atoms with van der Waals surface area (Å²) in [6.45, 7) is 12.3. The molecule has 274 valence electrons. The molecule has 5 atom stereocenters. The fraction of sp³-hybridized carbons (Fsp3) is 0.513. The van der Waals surface area contributed by atoms with Crippen molar-refractivity contribution in [1.29, 1.82) is 0 Å². The maximum Gasteiger partial charge on any atom is 0.410 e. The molecular weight excluding hydrogens is 648 g/mol. The Morgan fingerprint density at radius 3 is 2.31 bits per heavy atom. The van der Waals surface area contributed by atoms with Crippen LogP contribution >= 0.6 is 0 Å². The van der Waals surface area contributed by atoms with Gasteiger partial charge in [-0.3, -0.25) is 23.9 Å². The first kappa shape index (κ1) is 37.4. The number of nitrogens with one attached hydrogen (secondary N) is 3. The van der Waals surface area contributed by atoms with E-state index in [1.807, 2.05) is 69.3 Å². The van der Waals surface area contributed by atoms with Crippen molar-refractivity contribution in [2.45, 2.75) is 110 Å². The number of rotatable bonds is 7. The van der Waals surface area contributed by atoms with E-state index in [1.165, 1.54) is 27.0 Å². The lowest BCUT2D eigenvalue weighted by Gasteiger charge is -2.37. The van der Waals surface area contributed by atoms with E-state index in [0.29, 0.717) is 0 Å². The van der Waals surface area contributed by atoms with Crippen LogP contribution in [0.25, 0.3) is 10.9 Å². The van der Waals surface area contributed by atoms with Crippen LogP contribution in [0.4, 0.5) is 9.59 Å². The van der Waals surface area contributed by atoms with Crippen LogP contribution in [-0.2, 0) is 25.5 Å². The molecule has 0 spiro atoms. The number of likely N-dealkylation sites (tertiary alicyclic amines) is 1. The Morgan fingerprint density at radius 2 is 1.61 bits per heavy atom. The molecule has 1 fully saturated rings. The van der Waals surface area contributed by atoms with E-state index in [2.05, 4.69) is 22.0 Å². The van der Waals surface area contributed by atoms with E-state index in [1.54, 1.807) is 33.9 Å². The molecule has 12 nitrogen and oxygen atoms in total. The normalized spacial score (nSPS) is 20.2. The minimum Gasteiger partial charge on any atom is -0.444 e. The first-order chi connectivity index (χ1) is 23.9. The molecule has 1 unspecified atom stereocenters. The Morgan fingerprint density at radius 1 is 0.922 bits per heavy atom. The van der Waals surface area contributed by atoms with Gasteiger partial charge < -0.3 is 25.6 Å². The van der Waals surface area contributed by atoms with Crippen molar-refractivity contribution < 1.29 is 28.7 Å². The number of carbonyl (C=O) groups is 5. The number of ether oxygens (including phenoxy) is 1. The second-order valence-corrected chi connectivity index (χ2v) is 15.9. The molecule has 51 heavy (non-hydrogen) atoms. The van der Waals surface area contributed by atoms with Gasteiger partial charge in [0, 0.05) is 25.2 Å². The third kappa shape index (κ3) is 8.54. The molecule has 3 N–H and O–H groups in total. The van der Waals surface area contributed by atoms with E-state index >= 15 is 0 Å². The average molecular weight is 701 g/mol. The summed E-state index contributed by atoms with van der Waals surface area (Å²) in [5.41, 5.74) is 1.48. The molecule has 12 heteroatoms. The van der Waals surface area contributed by atoms with Crippen molar-refractivity contribution in [2.24, 2.45) is 5.41 Å². The van der Waals surface area contributed by atoms with Crippen LogP contribution in [0.1, 0.15) is 84.9 Å². The number of nitrogens with zero attached hydrogens (tertiary/aromatic N) is 3. The molecular formula is C39H52N6O6. The van der Waals surface area contributed by atoms with Gasteiger partial charge in [0.25, 0.3) is 0 Å². The molecule has 2 aliphatic rings. The summed E-state index contributed by atoms with van der Waals surface area (Å²) in [7, 11) is 1.47. The Labute approximate surface area is 300 Å². The fourth-order valence-corrected chi connectivity index (χ4v) is 6.85. The molecule has 0 bridgehead atoms. The highest BCUT2D eigenvalue weighted by atomic mass is 16.6. The number of likely N-dealkylation sites (N-methyl/N-ethyl adjacent to an activating group) is 1. The summed E-state index contributed by atoms with van der Waals surface area (Å²) in [5, 5.41) is 10.1. The van der Waals surface area contributed by atoms with Crippen LogP contribution < -0.4 is 16.0 Å². The van der Waals surface area contributed by atoms with Crippen molar-refractivity contribution in [1.82, 2.24) is 30.3 Å². The summed E-state index contributed by atoms with van der Waals surface area (Å²) in [5.74, 6) is -1.31. The van der Waals surface area contributed by atoms with Crippen molar-refractivity contribution in [3.05, 3.63) is 71.9 Å². The highest BCUT2D eigenvalue weighted by molar-refractivity contribution is 5.95. The van der Waals surface area contributed by atoms with E-state index in [4.69, 9.17) is 4.74 Å². The molecule has 1 aliphatic carbocycles. The minimum absolute atomic E-state index is 0.0684. The van der Waals surface area contributed by atoms with Crippen molar-refractivity contribution >= 4 is 40.7 Å². The molecule has 1 aliphatic heterocycles. The first-order valence-electron chi connectivity index (χ1n) is 17.8. The second-order valence-electron chi connectivity index (χ2n) is 15.9. The van der Waals surface area contributed by atoms with Gasteiger partial charge in [0.15, 0.2) is 0 Å². The molecule has 1 saturated heterocycles. The lowest BCUT2D eigenvalue weighted by atomic mass is 9.85. The van der Waals surface area contributed by atoms with Crippen molar-refractivity contribution in [3.8, 4) is 0 Å². The minimum atomic E-state index is -1.05. The lowest BCUT2D eigenvalue weighted by molar-refractivity contribution is -0.144. The zero-order valence-electron chi connectivity index (χ0n) is 31.0. The molecule has 5 rings (SSSR count). The number of amides is 5.